The molecule has 0 saturated heterocycles. The van der Waals surface area contributed by atoms with Gasteiger partial charge in [0.05, 0.1) is 7.05 Å². The van der Waals surface area contributed by atoms with Gasteiger partial charge >= 0.3 is 0 Å². The summed E-state index contributed by atoms with van der Waals surface area (Å²) in [6.07, 6.45) is 6.03. The zero-order chi connectivity index (χ0) is 9.80. The quantitative estimate of drug-likeness (QED) is 0.663. The molecule has 1 aliphatic carbocycles. The van der Waals surface area contributed by atoms with Crippen LogP contribution in [0.3, 0.4) is 0 Å². The van der Waals surface area contributed by atoms with E-state index in [4.69, 9.17) is 0 Å². The summed E-state index contributed by atoms with van der Waals surface area (Å²) < 4.78 is 0. The second-order valence-corrected chi connectivity index (χ2v) is 3.88. The normalized spacial score (nSPS) is 16.1. The van der Waals surface area contributed by atoms with Gasteiger partial charge in [-0.15, -0.1) is 10.2 Å². The van der Waals surface area contributed by atoms with Crippen molar-refractivity contribution in [3.05, 3.63) is 5.82 Å². The van der Waals surface area contributed by atoms with Gasteiger partial charge in [-0.25, -0.2) is 0 Å². The van der Waals surface area contributed by atoms with Gasteiger partial charge in [0, 0.05) is 12.5 Å². The molecule has 0 unspecified atom stereocenters. The molecule has 0 aliphatic heterocycles. The number of hydrogen-bond donors (Lipinski definition) is 1. The van der Waals surface area contributed by atoms with Crippen molar-refractivity contribution >= 4 is 0 Å². The maximum Gasteiger partial charge on any atom is 0.174 e. The Kier molecular flexibility index (Phi) is 3.08. The lowest BCUT2D eigenvalue weighted by atomic mass is 10.2. The van der Waals surface area contributed by atoms with E-state index >= 15 is 0 Å². The van der Waals surface area contributed by atoms with Crippen LogP contribution < -0.4 is 5.32 Å². The van der Waals surface area contributed by atoms with Crippen LogP contribution in [-0.4, -0.2) is 32.8 Å². The van der Waals surface area contributed by atoms with Crippen LogP contribution in [-0.2, 0) is 13.5 Å². The summed E-state index contributed by atoms with van der Waals surface area (Å²) in [5.74, 6) is 0.860. The molecule has 2 rings (SSSR count). The monoisotopic (exact) mass is 195 g/mol. The van der Waals surface area contributed by atoms with Gasteiger partial charge in [-0.2, -0.15) is 4.80 Å². The van der Waals surface area contributed by atoms with Crippen molar-refractivity contribution < 1.29 is 0 Å². The predicted octanol–water partition coefficient (Wildman–Crippen LogP) is 0.285. The molecule has 5 heteroatoms. The Bertz CT molecular complexity index is 278. The van der Waals surface area contributed by atoms with Gasteiger partial charge in [0.1, 0.15) is 0 Å². The fourth-order valence-electron chi connectivity index (χ4n) is 1.43. The molecule has 0 amide bonds. The van der Waals surface area contributed by atoms with Crippen LogP contribution in [0.1, 0.15) is 31.5 Å². The fourth-order valence-corrected chi connectivity index (χ4v) is 1.43. The third-order valence-corrected chi connectivity index (χ3v) is 2.39. The molecule has 1 aromatic rings. The summed E-state index contributed by atoms with van der Waals surface area (Å²) in [6.45, 7) is 1.13. The highest BCUT2D eigenvalue weighted by Gasteiger charge is 2.19. The van der Waals surface area contributed by atoms with Gasteiger partial charge < -0.3 is 5.32 Å². The highest BCUT2D eigenvalue weighted by atomic mass is 15.6. The molecule has 1 saturated carbocycles. The summed E-state index contributed by atoms with van der Waals surface area (Å²) >= 11 is 0. The molecule has 1 heterocycles. The highest BCUT2D eigenvalue weighted by molar-refractivity contribution is 4.81. The zero-order valence-corrected chi connectivity index (χ0v) is 8.61. The second kappa shape index (κ2) is 4.50. The Morgan fingerprint density at radius 2 is 2.29 bits per heavy atom. The lowest BCUT2D eigenvalue weighted by Gasteiger charge is -2.00. The van der Waals surface area contributed by atoms with Gasteiger partial charge in [-0.05, 0) is 37.4 Å². The van der Waals surface area contributed by atoms with Crippen LogP contribution >= 0.6 is 0 Å². The van der Waals surface area contributed by atoms with Gasteiger partial charge in [0.15, 0.2) is 5.82 Å². The number of hydrogen-bond acceptors (Lipinski definition) is 4. The van der Waals surface area contributed by atoms with Crippen molar-refractivity contribution in [3.63, 3.8) is 0 Å². The molecular weight excluding hydrogens is 178 g/mol. The Hall–Kier alpha value is -0.970. The Morgan fingerprint density at radius 1 is 1.43 bits per heavy atom. The molecule has 0 radical (unpaired) electrons. The van der Waals surface area contributed by atoms with E-state index in [1.54, 1.807) is 7.05 Å². The number of aryl methyl sites for hydroxylation is 2. The largest absolute Gasteiger partial charge is 0.314 e. The number of nitrogens with zero attached hydrogens (tertiary/aromatic N) is 4. The van der Waals surface area contributed by atoms with Crippen LogP contribution in [0.2, 0.25) is 0 Å². The molecular formula is C9H17N5. The Labute approximate surface area is 83.9 Å². The van der Waals surface area contributed by atoms with Crippen molar-refractivity contribution in [2.45, 2.75) is 38.1 Å². The molecule has 1 N–H and O–H groups in total. The van der Waals surface area contributed by atoms with Crippen LogP contribution in [0.5, 0.6) is 0 Å². The number of tetrazole rings is 1. The molecule has 1 aromatic heterocycles. The molecule has 1 aliphatic rings. The first-order valence-corrected chi connectivity index (χ1v) is 5.31. The molecule has 0 aromatic carbocycles. The van der Waals surface area contributed by atoms with Gasteiger partial charge in [0.25, 0.3) is 0 Å². The molecule has 0 spiro atoms. The summed E-state index contributed by atoms with van der Waals surface area (Å²) in [5, 5.41) is 15.4. The van der Waals surface area contributed by atoms with E-state index in [0.29, 0.717) is 0 Å². The minimum atomic E-state index is 0.824. The maximum atomic E-state index is 4.13. The minimum Gasteiger partial charge on any atom is -0.314 e. The Balaban J connectivity index is 1.53. The van der Waals surface area contributed by atoms with Crippen LogP contribution in [0, 0.1) is 0 Å². The predicted molar refractivity (Wildman–Crippen MR) is 52.8 cm³/mol. The maximum absolute atomic E-state index is 4.13. The second-order valence-electron chi connectivity index (χ2n) is 3.88. The van der Waals surface area contributed by atoms with Crippen LogP contribution in [0.4, 0.5) is 0 Å². The smallest absolute Gasteiger partial charge is 0.174 e. The molecule has 14 heavy (non-hydrogen) atoms. The number of rotatable bonds is 6. The minimum absolute atomic E-state index is 0.824. The van der Waals surface area contributed by atoms with Gasteiger partial charge in [0.2, 0.25) is 0 Å². The molecule has 78 valence electrons. The summed E-state index contributed by atoms with van der Waals surface area (Å²) in [6, 6.07) is 0.824. The van der Waals surface area contributed by atoms with Crippen molar-refractivity contribution in [1.82, 2.24) is 25.5 Å². The lowest BCUT2D eigenvalue weighted by molar-refractivity contribution is 0.606. The zero-order valence-electron chi connectivity index (χ0n) is 8.61. The first kappa shape index (κ1) is 9.58. The summed E-state index contributed by atoms with van der Waals surface area (Å²) in [5.41, 5.74) is 0. The first-order chi connectivity index (χ1) is 6.84. The number of aromatic nitrogens is 4. The third-order valence-electron chi connectivity index (χ3n) is 2.39. The van der Waals surface area contributed by atoms with Gasteiger partial charge in [-0.3, -0.25) is 0 Å². The van der Waals surface area contributed by atoms with E-state index in [1.165, 1.54) is 24.1 Å². The molecule has 0 bridgehead atoms. The number of unbranched alkanes of at least 4 members (excludes halogenated alkanes) is 1. The molecule has 1 fully saturated rings. The standard InChI is InChI=1S/C9H17N5/c1-14-12-9(11-13-14)4-2-3-7-10-8-5-6-8/h8,10H,2-7H2,1H3. The van der Waals surface area contributed by atoms with Gasteiger partial charge in [-0.1, -0.05) is 0 Å². The van der Waals surface area contributed by atoms with E-state index in [0.717, 1.165) is 31.3 Å². The van der Waals surface area contributed by atoms with E-state index in [9.17, 15) is 0 Å². The number of nitrogens with one attached hydrogen (secondary N) is 1. The first-order valence-electron chi connectivity index (χ1n) is 5.31. The van der Waals surface area contributed by atoms with E-state index in [-0.39, 0.29) is 0 Å². The molecule has 5 nitrogen and oxygen atoms in total. The van der Waals surface area contributed by atoms with E-state index in [2.05, 4.69) is 20.7 Å². The topological polar surface area (TPSA) is 55.6 Å². The molecule has 0 atom stereocenters. The van der Waals surface area contributed by atoms with Crippen LogP contribution in [0.15, 0.2) is 0 Å². The highest BCUT2D eigenvalue weighted by Crippen LogP contribution is 2.18. The van der Waals surface area contributed by atoms with Crippen molar-refractivity contribution in [2.24, 2.45) is 7.05 Å². The van der Waals surface area contributed by atoms with E-state index in [1.807, 2.05) is 0 Å². The lowest BCUT2D eigenvalue weighted by Crippen LogP contribution is -2.17. The van der Waals surface area contributed by atoms with E-state index < -0.39 is 0 Å². The summed E-state index contributed by atoms with van der Waals surface area (Å²) in [7, 11) is 1.80. The average Bonchev–Trinajstić information content (AvgIpc) is 2.89. The Morgan fingerprint density at radius 3 is 2.93 bits per heavy atom. The van der Waals surface area contributed by atoms with Crippen molar-refractivity contribution in [2.75, 3.05) is 6.54 Å². The summed E-state index contributed by atoms with van der Waals surface area (Å²) in [4.78, 5) is 1.51. The van der Waals surface area contributed by atoms with Crippen molar-refractivity contribution in [3.8, 4) is 0 Å². The van der Waals surface area contributed by atoms with Crippen LogP contribution in [0.25, 0.3) is 0 Å². The SMILES string of the molecule is Cn1nnc(CCCCNC2CC2)n1. The fraction of sp³-hybridized carbons (Fsp3) is 0.889. The third kappa shape index (κ3) is 3.06. The van der Waals surface area contributed by atoms with Crippen molar-refractivity contribution in [1.29, 1.82) is 0 Å². The average molecular weight is 195 g/mol.